The molecule has 7 nitrogen and oxygen atoms in total. The van der Waals surface area contributed by atoms with Crippen molar-refractivity contribution in [2.24, 2.45) is 17.8 Å². The predicted molar refractivity (Wildman–Crippen MR) is 129 cm³/mol. The van der Waals surface area contributed by atoms with Crippen LogP contribution in [0.1, 0.15) is 44.1 Å². The number of hydrogen-bond acceptors (Lipinski definition) is 5. The molecule has 0 unspecified atom stereocenters. The summed E-state index contributed by atoms with van der Waals surface area (Å²) in [4.78, 5) is 14.8. The van der Waals surface area contributed by atoms with Gasteiger partial charge in [0.1, 0.15) is 6.54 Å². The maximum absolute atomic E-state index is 12.6. The molecule has 1 amide bonds. The Morgan fingerprint density at radius 2 is 1.64 bits per heavy atom. The third-order valence-corrected chi connectivity index (χ3v) is 9.49. The summed E-state index contributed by atoms with van der Waals surface area (Å²) >= 11 is 0. The minimum absolute atomic E-state index is 0.196. The Labute approximate surface area is 197 Å². The smallest absolute Gasteiger partial charge is 0.240 e. The molecule has 4 aliphatic carbocycles. The fraction of sp³-hybridized carbons (Fsp3) is 0.720. The molecule has 0 spiro atoms. The lowest BCUT2D eigenvalue weighted by molar-refractivity contribution is -0.119. The number of sulfonamides is 1. The van der Waals surface area contributed by atoms with Crippen molar-refractivity contribution in [3.8, 4) is 0 Å². The standard InChI is InChI=1S/C25H37N3O4S/c1-33(30,31)28(18-24(29)26-6-7-27-8-10-32-11-9-27)23-4-2-22(3-5-23)25-15-19-12-20(16-25)14-21(13-19)17-25/h2-5,19-21H,6-18H2,1H3,(H,26,29). The van der Waals surface area contributed by atoms with Crippen LogP contribution in [0, 0.1) is 17.8 Å². The molecule has 5 fully saturated rings. The Morgan fingerprint density at radius 1 is 1.06 bits per heavy atom. The van der Waals surface area contributed by atoms with Crippen LogP contribution in [0.25, 0.3) is 0 Å². The number of rotatable bonds is 8. The van der Waals surface area contributed by atoms with Crippen LogP contribution in [0.4, 0.5) is 5.69 Å². The summed E-state index contributed by atoms with van der Waals surface area (Å²) in [5.74, 6) is 2.32. The molecule has 1 saturated heterocycles. The Kier molecular flexibility index (Phi) is 6.44. The van der Waals surface area contributed by atoms with Crippen molar-refractivity contribution in [2.45, 2.75) is 43.9 Å². The first-order valence-electron chi connectivity index (χ1n) is 12.5. The number of benzene rings is 1. The number of nitrogens with zero attached hydrogens (tertiary/aromatic N) is 2. The molecule has 1 heterocycles. The summed E-state index contributed by atoms with van der Waals surface area (Å²) in [5, 5.41) is 2.88. The highest BCUT2D eigenvalue weighted by atomic mass is 32.2. The van der Waals surface area contributed by atoms with Crippen molar-refractivity contribution in [1.82, 2.24) is 10.2 Å². The zero-order valence-electron chi connectivity index (χ0n) is 19.7. The summed E-state index contributed by atoms with van der Waals surface area (Å²) in [6, 6.07) is 8.04. The SMILES string of the molecule is CS(=O)(=O)N(CC(=O)NCCN1CCOCC1)c1ccc(C23CC4CC(CC(C4)C2)C3)cc1. The Hall–Kier alpha value is -1.64. The number of nitrogens with one attached hydrogen (secondary N) is 1. The van der Waals surface area contributed by atoms with Gasteiger partial charge in [-0.1, -0.05) is 12.1 Å². The molecule has 8 heteroatoms. The Morgan fingerprint density at radius 3 is 2.18 bits per heavy atom. The van der Waals surface area contributed by atoms with Gasteiger partial charge in [-0.15, -0.1) is 0 Å². The summed E-state index contributed by atoms with van der Waals surface area (Å²) in [5.41, 5.74) is 2.20. The molecule has 4 bridgehead atoms. The van der Waals surface area contributed by atoms with E-state index >= 15 is 0 Å². The summed E-state index contributed by atoms with van der Waals surface area (Å²) in [7, 11) is -3.57. The number of amides is 1. The maximum atomic E-state index is 12.6. The van der Waals surface area contributed by atoms with Crippen LogP contribution in [0.5, 0.6) is 0 Å². The fourth-order valence-corrected chi connectivity index (χ4v) is 8.07. The van der Waals surface area contributed by atoms with E-state index in [-0.39, 0.29) is 17.9 Å². The summed E-state index contributed by atoms with van der Waals surface area (Å²) in [6.45, 7) is 4.21. The van der Waals surface area contributed by atoms with Gasteiger partial charge >= 0.3 is 0 Å². The van der Waals surface area contributed by atoms with Crippen molar-refractivity contribution in [3.63, 3.8) is 0 Å². The van der Waals surface area contributed by atoms with Gasteiger partial charge in [-0.05, 0) is 79.4 Å². The molecule has 182 valence electrons. The third-order valence-electron chi connectivity index (χ3n) is 8.35. The number of carbonyl (C=O) groups is 1. The second-order valence-electron chi connectivity index (χ2n) is 10.8. The predicted octanol–water partition coefficient (Wildman–Crippen LogP) is 2.37. The minimum atomic E-state index is -3.57. The fourth-order valence-electron chi connectivity index (χ4n) is 7.21. The van der Waals surface area contributed by atoms with Crippen molar-refractivity contribution < 1.29 is 17.9 Å². The molecule has 4 saturated carbocycles. The number of carbonyl (C=O) groups excluding carboxylic acids is 1. The monoisotopic (exact) mass is 475 g/mol. The zero-order valence-corrected chi connectivity index (χ0v) is 20.5. The topological polar surface area (TPSA) is 79.0 Å². The van der Waals surface area contributed by atoms with Gasteiger partial charge < -0.3 is 10.1 Å². The van der Waals surface area contributed by atoms with Crippen molar-refractivity contribution >= 4 is 21.6 Å². The molecular weight excluding hydrogens is 438 g/mol. The van der Waals surface area contributed by atoms with Gasteiger partial charge in [0.05, 0.1) is 25.2 Å². The molecule has 1 aliphatic heterocycles. The van der Waals surface area contributed by atoms with E-state index in [4.69, 9.17) is 4.74 Å². The van der Waals surface area contributed by atoms with E-state index in [0.29, 0.717) is 12.2 Å². The molecule has 6 rings (SSSR count). The highest BCUT2D eigenvalue weighted by molar-refractivity contribution is 7.92. The number of morpholine rings is 1. The quantitative estimate of drug-likeness (QED) is 0.625. The molecule has 0 atom stereocenters. The molecule has 0 aromatic heterocycles. The average molecular weight is 476 g/mol. The van der Waals surface area contributed by atoms with Crippen LogP contribution in [-0.2, 0) is 25.0 Å². The van der Waals surface area contributed by atoms with E-state index in [1.54, 1.807) is 0 Å². The summed E-state index contributed by atoms with van der Waals surface area (Å²) in [6.07, 6.45) is 9.21. The van der Waals surface area contributed by atoms with Crippen LogP contribution in [0.3, 0.4) is 0 Å². The van der Waals surface area contributed by atoms with Gasteiger partial charge in [-0.2, -0.15) is 0 Å². The minimum Gasteiger partial charge on any atom is -0.379 e. The normalized spacial score (nSPS) is 31.5. The van der Waals surface area contributed by atoms with Gasteiger partial charge in [0.15, 0.2) is 0 Å². The molecular formula is C25H37N3O4S. The van der Waals surface area contributed by atoms with Crippen LogP contribution in [-0.4, -0.2) is 71.4 Å². The van der Waals surface area contributed by atoms with Crippen molar-refractivity contribution in [3.05, 3.63) is 29.8 Å². The van der Waals surface area contributed by atoms with E-state index in [1.807, 2.05) is 12.1 Å². The van der Waals surface area contributed by atoms with Gasteiger partial charge in [0.2, 0.25) is 15.9 Å². The van der Waals surface area contributed by atoms with E-state index in [2.05, 4.69) is 22.3 Å². The molecule has 0 radical (unpaired) electrons. The lowest BCUT2D eigenvalue weighted by Gasteiger charge is -2.57. The first-order chi connectivity index (χ1) is 15.8. The summed E-state index contributed by atoms with van der Waals surface area (Å²) < 4.78 is 31.6. The number of hydrogen-bond donors (Lipinski definition) is 1. The molecule has 5 aliphatic rings. The lowest BCUT2D eigenvalue weighted by Crippen LogP contribution is -2.48. The first-order valence-corrected chi connectivity index (χ1v) is 14.3. The van der Waals surface area contributed by atoms with E-state index in [9.17, 15) is 13.2 Å². The third kappa shape index (κ3) is 5.08. The van der Waals surface area contributed by atoms with Crippen LogP contribution >= 0.6 is 0 Å². The van der Waals surface area contributed by atoms with Crippen LogP contribution in [0.15, 0.2) is 24.3 Å². The molecule has 1 aromatic rings. The highest BCUT2D eigenvalue weighted by Crippen LogP contribution is 2.60. The molecule has 33 heavy (non-hydrogen) atoms. The van der Waals surface area contributed by atoms with E-state index in [1.165, 1.54) is 54.6 Å². The zero-order chi connectivity index (χ0) is 23.1. The van der Waals surface area contributed by atoms with Gasteiger partial charge in [-0.3, -0.25) is 14.0 Å². The lowest BCUT2D eigenvalue weighted by atomic mass is 9.48. The maximum Gasteiger partial charge on any atom is 0.240 e. The van der Waals surface area contributed by atoms with Gasteiger partial charge in [-0.25, -0.2) is 8.42 Å². The second-order valence-corrected chi connectivity index (χ2v) is 12.7. The Balaban J connectivity index is 1.23. The molecule has 1 N–H and O–H groups in total. The highest BCUT2D eigenvalue weighted by Gasteiger charge is 2.51. The van der Waals surface area contributed by atoms with Gasteiger partial charge in [0.25, 0.3) is 0 Å². The van der Waals surface area contributed by atoms with Crippen LogP contribution < -0.4 is 9.62 Å². The first kappa shape index (κ1) is 23.1. The van der Waals surface area contributed by atoms with Crippen molar-refractivity contribution in [1.29, 1.82) is 0 Å². The van der Waals surface area contributed by atoms with Gasteiger partial charge in [0, 0.05) is 26.2 Å². The molecule has 1 aromatic carbocycles. The van der Waals surface area contributed by atoms with E-state index in [0.717, 1.165) is 50.6 Å². The Bertz CT molecular complexity index is 921. The number of ether oxygens (including phenoxy) is 1. The van der Waals surface area contributed by atoms with E-state index < -0.39 is 10.0 Å². The largest absolute Gasteiger partial charge is 0.379 e. The second kappa shape index (κ2) is 9.19. The van der Waals surface area contributed by atoms with Crippen LogP contribution in [0.2, 0.25) is 0 Å². The average Bonchev–Trinajstić information content (AvgIpc) is 2.77. The number of anilines is 1. The van der Waals surface area contributed by atoms with Crippen molar-refractivity contribution in [2.75, 3.05) is 56.5 Å².